The molecule has 1 fully saturated rings. The molecule has 9 heteroatoms. The van der Waals surface area contributed by atoms with Crippen LogP contribution in [0.25, 0.3) is 11.5 Å². The van der Waals surface area contributed by atoms with Gasteiger partial charge in [0.1, 0.15) is 11.5 Å². The number of aliphatic carboxylic acids is 1. The van der Waals surface area contributed by atoms with Crippen LogP contribution in [0.15, 0.2) is 52.9 Å². The lowest BCUT2D eigenvalue weighted by Crippen LogP contribution is -2.31. The molecule has 204 valence electrons. The summed E-state index contributed by atoms with van der Waals surface area (Å²) in [6.45, 7) is 4.08. The summed E-state index contributed by atoms with van der Waals surface area (Å²) in [5, 5.41) is 9.64. The second kappa shape index (κ2) is 12.1. The van der Waals surface area contributed by atoms with Gasteiger partial charge in [-0.1, -0.05) is 35.9 Å². The number of ether oxygens (including phenoxy) is 2. The lowest BCUT2D eigenvalue weighted by Gasteiger charge is -2.30. The van der Waals surface area contributed by atoms with Crippen molar-refractivity contribution in [2.75, 3.05) is 6.61 Å². The van der Waals surface area contributed by atoms with E-state index in [2.05, 4.69) is 4.98 Å². The van der Waals surface area contributed by atoms with Crippen LogP contribution in [0.4, 0.5) is 13.2 Å². The fourth-order valence-corrected chi connectivity index (χ4v) is 4.69. The minimum atomic E-state index is -4.48. The number of aromatic nitrogens is 1. The number of alkyl halides is 3. The van der Waals surface area contributed by atoms with Crippen molar-refractivity contribution in [3.8, 4) is 11.5 Å². The van der Waals surface area contributed by atoms with E-state index < -0.39 is 23.6 Å². The Hall–Kier alpha value is -3.17. The van der Waals surface area contributed by atoms with Crippen molar-refractivity contribution in [2.24, 2.45) is 5.92 Å². The molecule has 0 bridgehead atoms. The zero-order chi connectivity index (χ0) is 27.3. The largest absolute Gasteiger partial charge is 0.481 e. The number of carboxylic acids is 1. The first-order valence-corrected chi connectivity index (χ1v) is 12.7. The molecular weight excluding hydrogens is 499 g/mol. The molecule has 0 amide bonds. The Morgan fingerprint density at radius 1 is 1.11 bits per heavy atom. The molecule has 38 heavy (non-hydrogen) atoms. The Balaban J connectivity index is 1.29. The predicted octanol–water partition coefficient (Wildman–Crippen LogP) is 6.77. The number of oxazole rings is 1. The molecule has 3 unspecified atom stereocenters. The Kier molecular flexibility index (Phi) is 8.89. The van der Waals surface area contributed by atoms with Gasteiger partial charge >= 0.3 is 12.1 Å². The first-order chi connectivity index (χ1) is 18.1. The van der Waals surface area contributed by atoms with Crippen molar-refractivity contribution in [1.82, 2.24) is 4.98 Å². The molecular formula is C29H32F3NO5. The van der Waals surface area contributed by atoms with E-state index in [4.69, 9.17) is 13.9 Å². The molecule has 0 spiro atoms. The molecule has 3 aromatic rings. The monoisotopic (exact) mass is 531 g/mol. The van der Waals surface area contributed by atoms with E-state index in [-0.39, 0.29) is 25.2 Å². The first-order valence-electron chi connectivity index (χ1n) is 12.7. The topological polar surface area (TPSA) is 81.8 Å². The highest BCUT2D eigenvalue weighted by atomic mass is 19.4. The zero-order valence-electron chi connectivity index (χ0n) is 21.5. The molecule has 4 rings (SSSR count). The van der Waals surface area contributed by atoms with Crippen molar-refractivity contribution < 1.29 is 37.0 Å². The van der Waals surface area contributed by atoms with Crippen LogP contribution >= 0.6 is 0 Å². The Bertz CT molecular complexity index is 1240. The number of carboxylic acid groups (broad SMARTS) is 1. The van der Waals surface area contributed by atoms with Gasteiger partial charge in [0.25, 0.3) is 0 Å². The van der Waals surface area contributed by atoms with Crippen molar-refractivity contribution in [3.63, 3.8) is 0 Å². The molecule has 1 heterocycles. The van der Waals surface area contributed by atoms with Crippen LogP contribution in [0.2, 0.25) is 0 Å². The SMILES string of the molecule is Cc1cccc(-c2nc(COC3CCCC(OCC(Cc4cccc(C(F)(F)F)c4)C(=O)O)C3)c(C)o2)c1. The summed E-state index contributed by atoms with van der Waals surface area (Å²) in [6, 6.07) is 12.7. The summed E-state index contributed by atoms with van der Waals surface area (Å²) in [6.07, 6.45) is -1.66. The summed E-state index contributed by atoms with van der Waals surface area (Å²) >= 11 is 0. The van der Waals surface area contributed by atoms with Crippen LogP contribution in [-0.4, -0.2) is 34.9 Å². The van der Waals surface area contributed by atoms with Crippen molar-refractivity contribution in [1.29, 1.82) is 0 Å². The van der Waals surface area contributed by atoms with Crippen molar-refractivity contribution in [2.45, 2.75) is 70.9 Å². The second-order valence-corrected chi connectivity index (χ2v) is 9.88. The molecule has 0 aliphatic heterocycles. The van der Waals surface area contributed by atoms with Gasteiger partial charge in [0.05, 0.1) is 36.9 Å². The van der Waals surface area contributed by atoms with E-state index in [1.54, 1.807) is 0 Å². The summed E-state index contributed by atoms with van der Waals surface area (Å²) in [7, 11) is 0. The van der Waals surface area contributed by atoms with Gasteiger partial charge in [0, 0.05) is 5.56 Å². The fraction of sp³-hybridized carbons (Fsp3) is 0.448. The van der Waals surface area contributed by atoms with Crippen LogP contribution in [0.5, 0.6) is 0 Å². The summed E-state index contributed by atoms with van der Waals surface area (Å²) < 4.78 is 57.0. The van der Waals surface area contributed by atoms with Crippen LogP contribution < -0.4 is 0 Å². The van der Waals surface area contributed by atoms with Crippen LogP contribution in [0, 0.1) is 19.8 Å². The number of aryl methyl sites for hydroxylation is 2. The van der Waals surface area contributed by atoms with Gasteiger partial charge in [-0.3, -0.25) is 4.79 Å². The average molecular weight is 532 g/mol. The van der Waals surface area contributed by atoms with E-state index in [1.165, 1.54) is 12.1 Å². The van der Waals surface area contributed by atoms with Gasteiger partial charge in [-0.2, -0.15) is 13.2 Å². The lowest BCUT2D eigenvalue weighted by atomic mass is 9.94. The molecule has 1 N–H and O–H groups in total. The minimum Gasteiger partial charge on any atom is -0.481 e. The quantitative estimate of drug-likeness (QED) is 0.311. The maximum Gasteiger partial charge on any atom is 0.416 e. The molecule has 0 radical (unpaired) electrons. The van der Waals surface area contributed by atoms with Crippen LogP contribution in [0.3, 0.4) is 0 Å². The highest BCUT2D eigenvalue weighted by Gasteiger charge is 2.31. The van der Waals surface area contributed by atoms with E-state index in [9.17, 15) is 23.1 Å². The number of nitrogens with zero attached hydrogens (tertiary/aromatic N) is 1. The maximum atomic E-state index is 13.0. The van der Waals surface area contributed by atoms with E-state index in [0.29, 0.717) is 30.2 Å². The van der Waals surface area contributed by atoms with Crippen molar-refractivity contribution >= 4 is 5.97 Å². The molecule has 1 aliphatic rings. The van der Waals surface area contributed by atoms with Crippen molar-refractivity contribution in [3.05, 3.63) is 76.7 Å². The van der Waals surface area contributed by atoms with Gasteiger partial charge < -0.3 is 19.0 Å². The van der Waals surface area contributed by atoms with Gasteiger partial charge in [-0.25, -0.2) is 4.98 Å². The standard InChI is InChI=1S/C29H32F3NO5/c1-18-6-3-8-21(12-18)27-33-26(19(2)38-27)17-37-25-11-5-10-24(15-25)36-16-22(28(34)35)13-20-7-4-9-23(14-20)29(30,31)32/h3-4,6-9,12,14,22,24-25H,5,10-11,13,15-17H2,1-2H3,(H,34,35). The minimum absolute atomic E-state index is 0.0411. The molecule has 0 saturated heterocycles. The smallest absolute Gasteiger partial charge is 0.416 e. The molecule has 6 nitrogen and oxygen atoms in total. The Morgan fingerprint density at radius 2 is 1.84 bits per heavy atom. The zero-order valence-corrected chi connectivity index (χ0v) is 21.5. The summed E-state index contributed by atoms with van der Waals surface area (Å²) in [4.78, 5) is 16.4. The molecule has 1 saturated carbocycles. The van der Waals surface area contributed by atoms with E-state index in [1.807, 2.05) is 38.1 Å². The van der Waals surface area contributed by atoms with E-state index in [0.717, 1.165) is 48.2 Å². The van der Waals surface area contributed by atoms with E-state index >= 15 is 0 Å². The van der Waals surface area contributed by atoms with Gasteiger partial charge in [-0.15, -0.1) is 0 Å². The number of halogens is 3. The lowest BCUT2D eigenvalue weighted by molar-refractivity contribution is -0.145. The number of hydrogen-bond acceptors (Lipinski definition) is 5. The number of carbonyl (C=O) groups is 1. The maximum absolute atomic E-state index is 13.0. The normalized spacial score (nSPS) is 18.9. The van der Waals surface area contributed by atoms with Gasteiger partial charge in [0.15, 0.2) is 0 Å². The highest BCUT2D eigenvalue weighted by molar-refractivity contribution is 5.70. The highest BCUT2D eigenvalue weighted by Crippen LogP contribution is 2.31. The third-order valence-corrected chi connectivity index (χ3v) is 6.81. The van der Waals surface area contributed by atoms with Crippen LogP contribution in [-0.2, 0) is 33.5 Å². The molecule has 3 atom stereocenters. The Morgan fingerprint density at radius 3 is 2.55 bits per heavy atom. The second-order valence-electron chi connectivity index (χ2n) is 9.88. The fourth-order valence-electron chi connectivity index (χ4n) is 4.69. The third-order valence-electron chi connectivity index (χ3n) is 6.81. The third kappa shape index (κ3) is 7.45. The molecule has 1 aliphatic carbocycles. The van der Waals surface area contributed by atoms with Gasteiger partial charge in [-0.05, 0) is 69.7 Å². The van der Waals surface area contributed by atoms with Gasteiger partial charge in [0.2, 0.25) is 5.89 Å². The summed E-state index contributed by atoms with van der Waals surface area (Å²) in [5.41, 5.74) is 2.28. The Labute approximate surface area is 219 Å². The van der Waals surface area contributed by atoms with Crippen LogP contribution in [0.1, 0.15) is 53.8 Å². The number of rotatable bonds is 10. The predicted molar refractivity (Wildman–Crippen MR) is 134 cm³/mol. The molecule has 1 aromatic heterocycles. The molecule has 2 aromatic carbocycles. The first kappa shape index (κ1) is 27.9. The number of hydrogen-bond donors (Lipinski definition) is 1. The summed E-state index contributed by atoms with van der Waals surface area (Å²) in [5.74, 6) is -0.798. The average Bonchev–Trinajstić information content (AvgIpc) is 3.25. The number of benzene rings is 2.